The van der Waals surface area contributed by atoms with E-state index in [1.54, 1.807) is 0 Å². The molecule has 0 aliphatic carbocycles. The monoisotopic (exact) mass is 1380 g/mol. The number of unbranched alkanes of at least 4 members (excludes halogenated alkanes) is 30. The number of esters is 2. The van der Waals surface area contributed by atoms with Gasteiger partial charge < -0.3 is 18.9 Å². The number of phosphoric ester groups is 1. The van der Waals surface area contributed by atoms with Gasteiger partial charge in [-0.05, 0) is 128 Å². The average Bonchev–Trinajstić information content (AvgIpc) is 1.08. The Kier molecular flexibility index (Phi) is 72.9. The Morgan fingerprint density at radius 1 is 0.316 bits per heavy atom. The van der Waals surface area contributed by atoms with E-state index < -0.39 is 26.5 Å². The first kappa shape index (κ1) is 93.4. The smallest absolute Gasteiger partial charge is 0.462 e. The van der Waals surface area contributed by atoms with Crippen LogP contribution in [0.15, 0.2) is 170 Å². The summed E-state index contributed by atoms with van der Waals surface area (Å²) >= 11 is 0. The number of phosphoric acid groups is 1. The summed E-state index contributed by atoms with van der Waals surface area (Å²) in [5.74, 6) is -0.818. The minimum atomic E-state index is -4.41. The number of hydrogen-bond donors (Lipinski definition) is 1. The summed E-state index contributed by atoms with van der Waals surface area (Å²) in [6.07, 6.45) is 116. The summed E-state index contributed by atoms with van der Waals surface area (Å²) < 4.78 is 34.8. The van der Waals surface area contributed by atoms with E-state index in [1.807, 2.05) is 21.1 Å². The van der Waals surface area contributed by atoms with E-state index in [4.69, 9.17) is 18.5 Å². The standard InChI is InChI=1S/C88H148NO8P/c1-6-8-10-12-14-16-18-20-22-24-26-28-30-32-34-36-38-40-41-42-43-44-45-46-47-49-50-52-54-56-58-60-62-64-66-68-70-72-74-76-78-80-87(90)94-84-86(85-96-98(92,93)95-83-82-89(3,4)5)97-88(91)81-79-77-75-73-71-69-67-65-63-61-59-57-55-53-51-48-39-37-35-33-31-29-27-25-23-21-19-17-15-13-11-9-7-2/h8-11,14-17,20-23,26-29,32-35,39,48,53,55,59,61,65,67,86H,6-7,12-13,18-19,24-25,30-31,36-38,40-47,49-52,54,56-58,60,62-64,66,68-85H2,1-5H3/p+1/b10-8-,11-9-,16-14-,17-15-,22-20-,23-21-,28-26-,29-27-,34-32-,35-33-,48-39-,55-53-,61-59-,67-65-. The van der Waals surface area contributed by atoms with Crippen molar-refractivity contribution < 1.29 is 42.1 Å². The summed E-state index contributed by atoms with van der Waals surface area (Å²) in [6.45, 7) is 4.19. The van der Waals surface area contributed by atoms with Crippen LogP contribution in [-0.2, 0) is 32.7 Å². The summed E-state index contributed by atoms with van der Waals surface area (Å²) in [7, 11) is 1.45. The van der Waals surface area contributed by atoms with Gasteiger partial charge in [-0.1, -0.05) is 351 Å². The number of ether oxygens (including phenoxy) is 2. The summed E-state index contributed by atoms with van der Waals surface area (Å²) in [6, 6.07) is 0. The van der Waals surface area contributed by atoms with Crippen LogP contribution in [0.4, 0.5) is 0 Å². The molecule has 98 heavy (non-hydrogen) atoms. The van der Waals surface area contributed by atoms with Gasteiger partial charge >= 0.3 is 19.8 Å². The molecule has 2 atom stereocenters. The number of carbonyl (C=O) groups excluding carboxylic acids is 2. The molecule has 0 aliphatic rings. The Morgan fingerprint density at radius 3 is 0.816 bits per heavy atom. The second-order valence-corrected chi connectivity index (χ2v) is 28.8. The number of rotatable bonds is 72. The van der Waals surface area contributed by atoms with Crippen molar-refractivity contribution in [2.45, 2.75) is 328 Å². The maximum absolute atomic E-state index is 12.9. The van der Waals surface area contributed by atoms with E-state index in [-0.39, 0.29) is 32.0 Å². The molecule has 0 spiro atoms. The van der Waals surface area contributed by atoms with E-state index in [2.05, 4.69) is 184 Å². The van der Waals surface area contributed by atoms with Crippen molar-refractivity contribution in [3.8, 4) is 0 Å². The van der Waals surface area contributed by atoms with Crippen LogP contribution >= 0.6 is 7.82 Å². The zero-order valence-electron chi connectivity index (χ0n) is 63.7. The number of hydrogen-bond acceptors (Lipinski definition) is 7. The minimum Gasteiger partial charge on any atom is -0.462 e. The Balaban J connectivity index is 4.01. The van der Waals surface area contributed by atoms with Crippen LogP contribution in [0, 0.1) is 0 Å². The largest absolute Gasteiger partial charge is 0.472 e. The average molecular weight is 1380 g/mol. The molecule has 0 saturated heterocycles. The van der Waals surface area contributed by atoms with Gasteiger partial charge in [-0.3, -0.25) is 18.6 Å². The number of allylic oxidation sites excluding steroid dienone is 28. The molecule has 0 fully saturated rings. The summed E-state index contributed by atoms with van der Waals surface area (Å²) in [4.78, 5) is 36.0. The van der Waals surface area contributed by atoms with Crippen LogP contribution < -0.4 is 0 Å². The second kappa shape index (κ2) is 76.5. The SMILES string of the molecule is CC/C=C\C/C=C\C/C=C\C/C=C\C/C=C\C/C=C\C/C=C\C/C=C\C/C=C\CCCCCCCC(=O)OC(COC(=O)CCCCCCCCCCCCCCCCCCCCCCCCCCC/C=C\C/C=C\C/C=C\C/C=C\C/C=C\CC)COP(=O)(O)OCC[N+](C)(C)C. The number of nitrogens with zero attached hydrogens (tertiary/aromatic N) is 1. The van der Waals surface area contributed by atoms with Gasteiger partial charge in [-0.2, -0.15) is 0 Å². The first-order chi connectivity index (χ1) is 48.0. The topological polar surface area (TPSA) is 108 Å². The van der Waals surface area contributed by atoms with Gasteiger partial charge in [0.1, 0.15) is 19.8 Å². The van der Waals surface area contributed by atoms with Crippen LogP contribution in [-0.4, -0.2) is 74.9 Å². The Morgan fingerprint density at radius 2 is 0.551 bits per heavy atom. The molecule has 0 rings (SSSR count). The maximum atomic E-state index is 12.9. The van der Waals surface area contributed by atoms with Gasteiger partial charge in [0, 0.05) is 12.8 Å². The Bertz CT molecular complexity index is 2270. The van der Waals surface area contributed by atoms with Gasteiger partial charge in [0.05, 0.1) is 27.7 Å². The Hall–Kier alpha value is -4.63. The molecule has 0 aliphatic heterocycles. The zero-order chi connectivity index (χ0) is 71.1. The minimum absolute atomic E-state index is 0.0210. The number of quaternary nitrogens is 1. The molecule has 0 radical (unpaired) electrons. The van der Waals surface area contributed by atoms with Crippen molar-refractivity contribution in [2.75, 3.05) is 47.5 Å². The molecule has 9 nitrogen and oxygen atoms in total. The van der Waals surface area contributed by atoms with E-state index in [0.29, 0.717) is 17.4 Å². The quantitative estimate of drug-likeness (QED) is 0.0211. The van der Waals surface area contributed by atoms with Crippen molar-refractivity contribution in [2.24, 2.45) is 0 Å². The molecule has 0 aromatic heterocycles. The maximum Gasteiger partial charge on any atom is 0.472 e. The molecule has 2 unspecified atom stereocenters. The number of likely N-dealkylation sites (N-methyl/N-ethyl adjacent to an activating group) is 1. The highest BCUT2D eigenvalue weighted by Gasteiger charge is 2.27. The molecule has 0 aromatic carbocycles. The molecular formula is C88H149NO8P+. The molecule has 0 saturated carbocycles. The van der Waals surface area contributed by atoms with Crippen LogP contribution in [0.25, 0.3) is 0 Å². The highest BCUT2D eigenvalue weighted by atomic mass is 31.2. The fraction of sp³-hybridized carbons (Fsp3) is 0.659. The van der Waals surface area contributed by atoms with Crippen molar-refractivity contribution in [3.63, 3.8) is 0 Å². The van der Waals surface area contributed by atoms with Crippen molar-refractivity contribution in [1.29, 1.82) is 0 Å². The molecule has 0 amide bonds. The lowest BCUT2D eigenvalue weighted by Crippen LogP contribution is -2.37. The summed E-state index contributed by atoms with van der Waals surface area (Å²) in [5.41, 5.74) is 0. The highest BCUT2D eigenvalue weighted by molar-refractivity contribution is 7.47. The molecular weight excluding hydrogens is 1230 g/mol. The molecule has 0 bridgehead atoms. The van der Waals surface area contributed by atoms with Crippen LogP contribution in [0.5, 0.6) is 0 Å². The molecule has 1 N–H and O–H groups in total. The first-order valence-corrected chi connectivity index (χ1v) is 41.4. The highest BCUT2D eigenvalue weighted by Crippen LogP contribution is 2.43. The fourth-order valence-corrected chi connectivity index (χ4v) is 11.5. The molecule has 0 aromatic rings. The lowest BCUT2D eigenvalue weighted by atomic mass is 10.0. The predicted molar refractivity (Wildman–Crippen MR) is 426 cm³/mol. The zero-order valence-corrected chi connectivity index (χ0v) is 64.6. The third-order valence-electron chi connectivity index (χ3n) is 16.7. The van der Waals surface area contributed by atoms with Crippen molar-refractivity contribution in [1.82, 2.24) is 0 Å². The summed E-state index contributed by atoms with van der Waals surface area (Å²) in [5, 5.41) is 0. The second-order valence-electron chi connectivity index (χ2n) is 27.3. The van der Waals surface area contributed by atoms with E-state index in [9.17, 15) is 19.0 Å². The van der Waals surface area contributed by atoms with E-state index >= 15 is 0 Å². The third kappa shape index (κ3) is 80.3. The normalized spacial score (nSPS) is 14.0. The fourth-order valence-electron chi connectivity index (χ4n) is 10.7. The molecule has 558 valence electrons. The van der Waals surface area contributed by atoms with Crippen molar-refractivity contribution >= 4 is 19.8 Å². The molecule has 0 heterocycles. The molecule has 10 heteroatoms. The lowest BCUT2D eigenvalue weighted by Gasteiger charge is -2.24. The van der Waals surface area contributed by atoms with Gasteiger partial charge in [0.2, 0.25) is 0 Å². The van der Waals surface area contributed by atoms with Crippen LogP contribution in [0.3, 0.4) is 0 Å². The van der Waals surface area contributed by atoms with Gasteiger partial charge in [0.15, 0.2) is 6.10 Å². The van der Waals surface area contributed by atoms with E-state index in [0.717, 1.165) is 141 Å². The van der Waals surface area contributed by atoms with Gasteiger partial charge in [-0.15, -0.1) is 0 Å². The van der Waals surface area contributed by atoms with E-state index in [1.165, 1.54) is 148 Å². The van der Waals surface area contributed by atoms with Gasteiger partial charge in [0.25, 0.3) is 0 Å². The predicted octanol–water partition coefficient (Wildman–Crippen LogP) is 26.8. The lowest BCUT2D eigenvalue weighted by molar-refractivity contribution is -0.870. The van der Waals surface area contributed by atoms with Crippen LogP contribution in [0.2, 0.25) is 0 Å². The van der Waals surface area contributed by atoms with Crippen LogP contribution in [0.1, 0.15) is 322 Å². The van der Waals surface area contributed by atoms with Gasteiger partial charge in [-0.25, -0.2) is 4.57 Å². The first-order valence-electron chi connectivity index (χ1n) is 39.9. The third-order valence-corrected chi connectivity index (χ3v) is 17.7. The van der Waals surface area contributed by atoms with Crippen molar-refractivity contribution in [3.05, 3.63) is 170 Å². The number of carbonyl (C=O) groups is 2. The Labute approximate surface area is 604 Å².